The van der Waals surface area contributed by atoms with Gasteiger partial charge < -0.3 is 9.47 Å². The number of hydrazone groups is 1. The Bertz CT molecular complexity index is 529. The first-order valence-corrected chi connectivity index (χ1v) is 6.76. The number of nitrogens with one attached hydrogen (secondary N) is 1. The van der Waals surface area contributed by atoms with Crippen molar-refractivity contribution < 1.29 is 19.1 Å². The Kier molecular flexibility index (Phi) is 5.26. The summed E-state index contributed by atoms with van der Waals surface area (Å²) in [6, 6.07) is 3.39. The monoisotopic (exact) mass is 298 g/mol. The van der Waals surface area contributed by atoms with Gasteiger partial charge >= 0.3 is 12.1 Å². The lowest BCUT2D eigenvalue weighted by molar-refractivity contribution is 0.0528. The average molecular weight is 298 g/mol. The molecule has 0 aliphatic rings. The molecular formula is C13H18N2O4S. The molecule has 1 amide bonds. The van der Waals surface area contributed by atoms with Crippen LogP contribution in [-0.4, -0.2) is 30.5 Å². The van der Waals surface area contributed by atoms with Crippen molar-refractivity contribution in [1.29, 1.82) is 0 Å². The summed E-state index contributed by atoms with van der Waals surface area (Å²) in [6.45, 7) is 7.03. The van der Waals surface area contributed by atoms with E-state index in [1.54, 1.807) is 39.8 Å². The topological polar surface area (TPSA) is 77.0 Å². The van der Waals surface area contributed by atoms with Crippen LogP contribution < -0.4 is 5.43 Å². The third kappa shape index (κ3) is 5.00. The zero-order valence-corrected chi connectivity index (χ0v) is 13.0. The molecule has 0 atom stereocenters. The number of hydrogen-bond acceptors (Lipinski definition) is 6. The van der Waals surface area contributed by atoms with Gasteiger partial charge in [0, 0.05) is 0 Å². The van der Waals surface area contributed by atoms with Crippen LogP contribution in [0.1, 0.15) is 42.2 Å². The first-order valence-electron chi connectivity index (χ1n) is 5.95. The van der Waals surface area contributed by atoms with E-state index in [0.717, 1.165) is 4.88 Å². The molecule has 110 valence electrons. The van der Waals surface area contributed by atoms with E-state index >= 15 is 0 Å². The van der Waals surface area contributed by atoms with Gasteiger partial charge in [0.25, 0.3) is 0 Å². The van der Waals surface area contributed by atoms with Crippen LogP contribution in [0.25, 0.3) is 0 Å². The van der Waals surface area contributed by atoms with E-state index in [4.69, 9.17) is 4.74 Å². The second-order valence-electron chi connectivity index (χ2n) is 4.97. The molecule has 1 aromatic heterocycles. The van der Waals surface area contributed by atoms with Crippen molar-refractivity contribution in [2.24, 2.45) is 5.10 Å². The van der Waals surface area contributed by atoms with E-state index in [9.17, 15) is 9.59 Å². The van der Waals surface area contributed by atoms with Crippen molar-refractivity contribution in [3.63, 3.8) is 0 Å². The van der Waals surface area contributed by atoms with Gasteiger partial charge in [0.15, 0.2) is 0 Å². The van der Waals surface area contributed by atoms with Crippen LogP contribution >= 0.6 is 11.3 Å². The fourth-order valence-electron chi connectivity index (χ4n) is 1.23. The van der Waals surface area contributed by atoms with Gasteiger partial charge in [0.05, 0.1) is 17.7 Å². The first-order chi connectivity index (χ1) is 9.23. The van der Waals surface area contributed by atoms with Crippen LogP contribution in [0.4, 0.5) is 4.79 Å². The zero-order valence-electron chi connectivity index (χ0n) is 12.1. The Morgan fingerprint density at radius 2 is 1.85 bits per heavy atom. The molecule has 0 saturated heterocycles. The van der Waals surface area contributed by atoms with Gasteiger partial charge in [0.2, 0.25) is 0 Å². The molecule has 0 unspecified atom stereocenters. The number of amides is 1. The number of thiophene rings is 1. The maximum Gasteiger partial charge on any atom is 0.428 e. The van der Waals surface area contributed by atoms with Crippen molar-refractivity contribution in [2.45, 2.75) is 33.3 Å². The van der Waals surface area contributed by atoms with E-state index in [2.05, 4.69) is 15.3 Å². The third-order valence-electron chi connectivity index (χ3n) is 2.06. The van der Waals surface area contributed by atoms with Gasteiger partial charge in [-0.3, -0.25) is 0 Å². The van der Waals surface area contributed by atoms with Crippen LogP contribution in [0, 0.1) is 0 Å². The van der Waals surface area contributed by atoms with Crippen LogP contribution in [0.5, 0.6) is 0 Å². The molecule has 0 radical (unpaired) electrons. The highest BCUT2D eigenvalue weighted by Gasteiger charge is 2.16. The Morgan fingerprint density at radius 3 is 2.40 bits per heavy atom. The predicted octanol–water partition coefficient (Wildman–Crippen LogP) is 2.78. The van der Waals surface area contributed by atoms with E-state index in [1.165, 1.54) is 18.4 Å². The normalized spacial score (nSPS) is 11.9. The Labute approximate surface area is 121 Å². The lowest BCUT2D eigenvalue weighted by Gasteiger charge is -2.18. The fourth-order valence-corrected chi connectivity index (χ4v) is 2.10. The van der Waals surface area contributed by atoms with Crippen molar-refractivity contribution in [1.82, 2.24) is 5.43 Å². The summed E-state index contributed by atoms with van der Waals surface area (Å²) in [6.07, 6.45) is -0.624. The number of carbonyl (C=O) groups is 2. The lowest BCUT2D eigenvalue weighted by atomic mass is 10.2. The maximum atomic E-state index is 11.4. The summed E-state index contributed by atoms with van der Waals surface area (Å²) in [5.74, 6) is -0.394. The summed E-state index contributed by atoms with van der Waals surface area (Å²) in [7, 11) is 1.33. The van der Waals surface area contributed by atoms with Crippen LogP contribution in [0.3, 0.4) is 0 Å². The molecule has 1 aromatic rings. The standard InChI is InChI=1S/C13H18N2O4S/c1-8(14-15-12(17)19-13(2,3)4)9-6-7-10(20-9)11(16)18-5/h6-7H,1-5H3,(H,15,17)/b14-8+. The molecule has 0 spiro atoms. The van der Waals surface area contributed by atoms with Crippen LogP contribution in [0.15, 0.2) is 17.2 Å². The summed E-state index contributed by atoms with van der Waals surface area (Å²) < 4.78 is 9.68. The average Bonchev–Trinajstić information content (AvgIpc) is 2.82. The quantitative estimate of drug-likeness (QED) is 0.529. The molecular weight excluding hydrogens is 280 g/mol. The number of nitrogens with zero attached hydrogens (tertiary/aromatic N) is 1. The van der Waals surface area contributed by atoms with E-state index < -0.39 is 17.7 Å². The number of rotatable bonds is 3. The third-order valence-corrected chi connectivity index (χ3v) is 3.24. The van der Waals surface area contributed by atoms with Gasteiger partial charge in [0.1, 0.15) is 10.5 Å². The molecule has 0 aromatic carbocycles. The highest BCUT2D eigenvalue weighted by molar-refractivity contribution is 7.15. The van der Waals surface area contributed by atoms with Crippen LogP contribution in [0.2, 0.25) is 0 Å². The second-order valence-corrected chi connectivity index (χ2v) is 6.05. The number of methoxy groups -OCH3 is 1. The minimum absolute atomic E-state index is 0.394. The predicted molar refractivity (Wildman–Crippen MR) is 77.2 cm³/mol. The molecule has 1 rings (SSSR count). The number of ether oxygens (including phenoxy) is 2. The van der Waals surface area contributed by atoms with Gasteiger partial charge in [-0.2, -0.15) is 5.10 Å². The fraction of sp³-hybridized carbons (Fsp3) is 0.462. The molecule has 0 bridgehead atoms. The summed E-state index contributed by atoms with van der Waals surface area (Å²) in [4.78, 5) is 24.0. The largest absolute Gasteiger partial charge is 0.465 e. The Morgan fingerprint density at radius 1 is 1.25 bits per heavy atom. The summed E-state index contributed by atoms with van der Waals surface area (Å²) in [5.41, 5.74) is 2.31. The highest BCUT2D eigenvalue weighted by Crippen LogP contribution is 2.18. The molecule has 0 aliphatic heterocycles. The Balaban J connectivity index is 2.68. The first kappa shape index (κ1) is 16.2. The van der Waals surface area contributed by atoms with Crippen LogP contribution in [-0.2, 0) is 9.47 Å². The van der Waals surface area contributed by atoms with Crippen molar-refractivity contribution in [2.75, 3.05) is 7.11 Å². The lowest BCUT2D eigenvalue weighted by Crippen LogP contribution is -2.30. The number of hydrogen-bond donors (Lipinski definition) is 1. The molecule has 20 heavy (non-hydrogen) atoms. The highest BCUT2D eigenvalue weighted by atomic mass is 32.1. The van der Waals surface area contributed by atoms with Gasteiger partial charge in [-0.25, -0.2) is 15.0 Å². The SMILES string of the molecule is COC(=O)c1ccc(/C(C)=N/NC(=O)OC(C)(C)C)s1. The van der Waals surface area contributed by atoms with E-state index in [0.29, 0.717) is 10.6 Å². The van der Waals surface area contributed by atoms with Gasteiger partial charge in [-0.05, 0) is 39.8 Å². The van der Waals surface area contributed by atoms with E-state index in [-0.39, 0.29) is 0 Å². The number of carbonyl (C=O) groups excluding carboxylic acids is 2. The minimum atomic E-state index is -0.624. The zero-order chi connectivity index (χ0) is 15.3. The number of esters is 1. The minimum Gasteiger partial charge on any atom is -0.465 e. The molecule has 1 N–H and O–H groups in total. The van der Waals surface area contributed by atoms with Gasteiger partial charge in [-0.1, -0.05) is 0 Å². The molecule has 7 heteroatoms. The van der Waals surface area contributed by atoms with Gasteiger partial charge in [-0.15, -0.1) is 11.3 Å². The molecule has 1 heterocycles. The molecule has 0 saturated carbocycles. The second kappa shape index (κ2) is 6.51. The molecule has 0 fully saturated rings. The summed E-state index contributed by atoms with van der Waals surface area (Å²) >= 11 is 1.24. The smallest absolute Gasteiger partial charge is 0.428 e. The Hall–Kier alpha value is -1.89. The van der Waals surface area contributed by atoms with E-state index in [1.807, 2.05) is 0 Å². The maximum absolute atomic E-state index is 11.4. The van der Waals surface area contributed by atoms with Crippen molar-refractivity contribution in [3.05, 3.63) is 21.9 Å². The van der Waals surface area contributed by atoms with Crippen molar-refractivity contribution >= 4 is 29.1 Å². The van der Waals surface area contributed by atoms with Crippen molar-refractivity contribution in [3.8, 4) is 0 Å². The molecule has 0 aliphatic carbocycles. The molecule has 6 nitrogen and oxygen atoms in total. The summed E-state index contributed by atoms with van der Waals surface area (Å²) in [5, 5.41) is 3.93.